The molecule has 0 spiro atoms. The first-order chi connectivity index (χ1) is 7.35. The van der Waals surface area contributed by atoms with E-state index in [1.807, 2.05) is 0 Å². The van der Waals surface area contributed by atoms with E-state index in [0.717, 1.165) is 32.4 Å². The van der Waals surface area contributed by atoms with Gasteiger partial charge >= 0.3 is 0 Å². The van der Waals surface area contributed by atoms with Gasteiger partial charge in [0.05, 0.1) is 0 Å². The molecule has 0 bridgehead atoms. The maximum absolute atomic E-state index is 8.62. The predicted octanol–water partition coefficient (Wildman–Crippen LogP) is 1.65. The van der Waals surface area contributed by atoms with Gasteiger partial charge in [0, 0.05) is 19.2 Å². The highest BCUT2D eigenvalue weighted by atomic mass is 16.2. The highest BCUT2D eigenvalue weighted by molar-refractivity contribution is 4.67. The molecule has 1 atom stereocenters. The summed E-state index contributed by atoms with van der Waals surface area (Å²) in [7, 11) is 0. The lowest BCUT2D eigenvalue weighted by Crippen LogP contribution is -2.36. The van der Waals surface area contributed by atoms with Gasteiger partial charge in [0.25, 0.3) is 0 Å². The fourth-order valence-corrected chi connectivity index (χ4v) is 1.66. The van der Waals surface area contributed by atoms with Gasteiger partial charge in [-0.1, -0.05) is 26.2 Å². The maximum Gasteiger partial charge on any atom is 0.0431 e. The van der Waals surface area contributed by atoms with Crippen molar-refractivity contribution in [2.24, 2.45) is 5.73 Å². The fourth-order valence-electron chi connectivity index (χ4n) is 1.66. The summed E-state index contributed by atoms with van der Waals surface area (Å²) in [6.45, 7) is 4.31. The van der Waals surface area contributed by atoms with Crippen molar-refractivity contribution in [3.05, 3.63) is 0 Å². The maximum atomic E-state index is 8.62. The zero-order valence-corrected chi connectivity index (χ0v) is 10.2. The van der Waals surface area contributed by atoms with E-state index in [1.165, 1.54) is 25.7 Å². The van der Waals surface area contributed by atoms with E-state index < -0.39 is 0 Å². The lowest BCUT2D eigenvalue weighted by Gasteiger charge is -2.16. The van der Waals surface area contributed by atoms with E-state index in [1.54, 1.807) is 0 Å². The molecule has 0 aliphatic rings. The molecule has 3 nitrogen and oxygen atoms in total. The number of nitrogens with one attached hydrogen (secondary N) is 1. The summed E-state index contributed by atoms with van der Waals surface area (Å²) in [5.41, 5.74) is 5.69. The first-order valence-corrected chi connectivity index (χ1v) is 6.39. The monoisotopic (exact) mass is 216 g/mol. The van der Waals surface area contributed by atoms with Crippen molar-refractivity contribution >= 4 is 0 Å². The number of unbranched alkanes of at least 4 members (excludes halogenated alkanes) is 4. The van der Waals surface area contributed by atoms with Crippen molar-refractivity contribution in [2.45, 2.75) is 57.9 Å². The largest absolute Gasteiger partial charge is 0.396 e. The first-order valence-electron chi connectivity index (χ1n) is 6.39. The van der Waals surface area contributed by atoms with Crippen molar-refractivity contribution in [1.82, 2.24) is 5.32 Å². The summed E-state index contributed by atoms with van der Waals surface area (Å²) in [4.78, 5) is 0. The van der Waals surface area contributed by atoms with Crippen molar-refractivity contribution in [3.8, 4) is 0 Å². The van der Waals surface area contributed by atoms with Gasteiger partial charge in [-0.3, -0.25) is 0 Å². The second kappa shape index (κ2) is 12.0. The minimum absolute atomic E-state index is 0.316. The smallest absolute Gasteiger partial charge is 0.0431 e. The van der Waals surface area contributed by atoms with Crippen LogP contribution < -0.4 is 11.1 Å². The summed E-state index contributed by atoms with van der Waals surface area (Å²) >= 11 is 0. The highest BCUT2D eigenvalue weighted by Crippen LogP contribution is 2.03. The summed E-state index contributed by atoms with van der Waals surface area (Å²) in [6, 6.07) is 0.491. The molecule has 0 aromatic rings. The molecule has 0 radical (unpaired) electrons. The Morgan fingerprint density at radius 1 is 1.13 bits per heavy atom. The van der Waals surface area contributed by atoms with Crippen molar-refractivity contribution in [3.63, 3.8) is 0 Å². The minimum Gasteiger partial charge on any atom is -0.396 e. The molecule has 0 aromatic carbocycles. The summed E-state index contributed by atoms with van der Waals surface area (Å²) in [5.74, 6) is 0. The van der Waals surface area contributed by atoms with Gasteiger partial charge in [-0.2, -0.15) is 0 Å². The van der Waals surface area contributed by atoms with Crippen LogP contribution in [0.2, 0.25) is 0 Å². The summed E-state index contributed by atoms with van der Waals surface area (Å²) in [5, 5.41) is 12.1. The van der Waals surface area contributed by atoms with Gasteiger partial charge in [0.1, 0.15) is 0 Å². The van der Waals surface area contributed by atoms with Crippen LogP contribution in [0, 0.1) is 0 Å². The third kappa shape index (κ3) is 10.2. The van der Waals surface area contributed by atoms with Crippen molar-refractivity contribution < 1.29 is 5.11 Å². The van der Waals surface area contributed by atoms with Crippen LogP contribution in [0.25, 0.3) is 0 Å². The van der Waals surface area contributed by atoms with Crippen LogP contribution >= 0.6 is 0 Å². The zero-order chi connectivity index (χ0) is 11.4. The Bertz CT molecular complexity index is 120. The second-order valence-electron chi connectivity index (χ2n) is 4.17. The van der Waals surface area contributed by atoms with E-state index in [4.69, 9.17) is 10.8 Å². The molecule has 92 valence electrons. The number of rotatable bonds is 11. The van der Waals surface area contributed by atoms with Crippen LogP contribution in [0.15, 0.2) is 0 Å². The number of hydrogen-bond acceptors (Lipinski definition) is 3. The lowest BCUT2D eigenvalue weighted by molar-refractivity contribution is 0.282. The van der Waals surface area contributed by atoms with Crippen molar-refractivity contribution in [2.75, 3.05) is 19.7 Å². The van der Waals surface area contributed by atoms with E-state index >= 15 is 0 Å². The third-order valence-corrected chi connectivity index (χ3v) is 2.71. The van der Waals surface area contributed by atoms with Gasteiger partial charge in [-0.05, 0) is 32.2 Å². The van der Waals surface area contributed by atoms with Gasteiger partial charge < -0.3 is 16.2 Å². The van der Waals surface area contributed by atoms with Crippen LogP contribution in [0.4, 0.5) is 0 Å². The molecule has 0 rings (SSSR count). The molecule has 15 heavy (non-hydrogen) atoms. The Kier molecular flexibility index (Phi) is 11.9. The molecule has 4 N–H and O–H groups in total. The van der Waals surface area contributed by atoms with Crippen LogP contribution in [0.5, 0.6) is 0 Å². The highest BCUT2D eigenvalue weighted by Gasteiger charge is 2.04. The summed E-state index contributed by atoms with van der Waals surface area (Å²) < 4.78 is 0. The Hall–Kier alpha value is -0.120. The Balaban J connectivity index is 3.28. The van der Waals surface area contributed by atoms with Gasteiger partial charge in [-0.15, -0.1) is 0 Å². The zero-order valence-electron chi connectivity index (χ0n) is 10.2. The fraction of sp³-hybridized carbons (Fsp3) is 1.00. The number of aliphatic hydroxyl groups is 1. The molecule has 0 heterocycles. The topological polar surface area (TPSA) is 58.3 Å². The average Bonchev–Trinajstić information content (AvgIpc) is 2.26. The standard InChI is InChI=1S/C12H28N2O/c1-2-3-5-8-12(11-13)14-9-6-4-7-10-15/h12,14-15H,2-11,13H2,1H3. The van der Waals surface area contributed by atoms with Gasteiger partial charge in [-0.25, -0.2) is 0 Å². The Morgan fingerprint density at radius 3 is 2.53 bits per heavy atom. The van der Waals surface area contributed by atoms with Crippen LogP contribution in [0.3, 0.4) is 0 Å². The molecule has 0 saturated heterocycles. The van der Waals surface area contributed by atoms with Crippen molar-refractivity contribution in [1.29, 1.82) is 0 Å². The lowest BCUT2D eigenvalue weighted by atomic mass is 10.1. The third-order valence-electron chi connectivity index (χ3n) is 2.71. The molecule has 0 aliphatic carbocycles. The second-order valence-corrected chi connectivity index (χ2v) is 4.17. The summed E-state index contributed by atoms with van der Waals surface area (Å²) in [6.07, 6.45) is 8.23. The SMILES string of the molecule is CCCCCC(CN)NCCCCCO. The molecule has 0 fully saturated rings. The van der Waals surface area contributed by atoms with Crippen LogP contribution in [-0.2, 0) is 0 Å². The minimum atomic E-state index is 0.316. The molecule has 0 aromatic heterocycles. The molecule has 3 heteroatoms. The molecular weight excluding hydrogens is 188 g/mol. The van der Waals surface area contributed by atoms with E-state index in [-0.39, 0.29) is 0 Å². The normalized spacial score (nSPS) is 13.0. The molecule has 1 unspecified atom stereocenters. The van der Waals surface area contributed by atoms with E-state index in [9.17, 15) is 0 Å². The molecule has 0 aliphatic heterocycles. The number of nitrogens with two attached hydrogens (primary N) is 1. The Morgan fingerprint density at radius 2 is 1.93 bits per heavy atom. The van der Waals surface area contributed by atoms with Gasteiger partial charge in [0.2, 0.25) is 0 Å². The first kappa shape index (κ1) is 14.9. The quantitative estimate of drug-likeness (QED) is 0.460. The Labute approximate surface area is 94.4 Å². The van der Waals surface area contributed by atoms with E-state index in [0.29, 0.717) is 12.6 Å². The van der Waals surface area contributed by atoms with Crippen LogP contribution in [0.1, 0.15) is 51.9 Å². The average molecular weight is 216 g/mol. The molecule has 0 saturated carbocycles. The molecular formula is C12H28N2O. The van der Waals surface area contributed by atoms with E-state index in [2.05, 4.69) is 12.2 Å². The molecule has 0 amide bonds. The predicted molar refractivity (Wildman–Crippen MR) is 65.9 cm³/mol. The van der Waals surface area contributed by atoms with Gasteiger partial charge in [0.15, 0.2) is 0 Å². The number of aliphatic hydroxyl groups excluding tert-OH is 1. The van der Waals surface area contributed by atoms with Crippen LogP contribution in [-0.4, -0.2) is 30.8 Å². The number of hydrogen-bond donors (Lipinski definition) is 3.